The van der Waals surface area contributed by atoms with Gasteiger partial charge in [-0.3, -0.25) is 0 Å². The summed E-state index contributed by atoms with van der Waals surface area (Å²) in [6, 6.07) is 0. The first-order valence-electron chi connectivity index (χ1n) is 1.15. The first-order valence-corrected chi connectivity index (χ1v) is 0.577. The summed E-state index contributed by atoms with van der Waals surface area (Å²) in [5.41, 5.74) is 0. The van der Waals surface area contributed by atoms with E-state index in [4.69, 9.17) is 1.37 Å². The standard InChI is InChI=1S/C2H5.CH3.2Y/c1-2;;;/h1H2,2H3;1H3;;/q2*-1;;/i1T;;;. The molecule has 28 valence electrons. The zero-order valence-corrected chi connectivity index (χ0v) is 9.41. The molecule has 0 aromatic rings. The third-order valence-electron chi connectivity index (χ3n) is 0. The van der Waals surface area contributed by atoms with E-state index in [-0.39, 0.29) is 72.8 Å². The zero-order chi connectivity index (χ0) is 2.71. The molecule has 0 spiro atoms. The Morgan fingerprint density at radius 2 is 1.60 bits per heavy atom. The molecule has 0 amide bonds. The first kappa shape index (κ1) is 15.7. The monoisotopic (exact) mass is 224 g/mol. The van der Waals surface area contributed by atoms with Gasteiger partial charge in [0.15, 0.2) is 0 Å². The van der Waals surface area contributed by atoms with Crippen molar-refractivity contribution in [3.63, 3.8) is 0 Å². The second-order valence-electron chi connectivity index (χ2n) is 0. The van der Waals surface area contributed by atoms with Crippen molar-refractivity contribution < 1.29 is 66.8 Å². The van der Waals surface area contributed by atoms with Gasteiger partial charge in [0.05, 0.1) is 0 Å². The van der Waals surface area contributed by atoms with Crippen LogP contribution in [0, 0.1) is 14.3 Å². The van der Waals surface area contributed by atoms with E-state index in [1.54, 1.807) is 6.92 Å². The van der Waals surface area contributed by atoms with Crippen LogP contribution in [0.1, 0.15) is 8.29 Å². The smallest absolute Gasteiger partial charge is 0 e. The van der Waals surface area contributed by atoms with Crippen LogP contribution in [0.4, 0.5) is 0 Å². The Bertz CT molecular complexity index is 8.75. The molecule has 0 aromatic heterocycles. The van der Waals surface area contributed by atoms with Gasteiger partial charge in [-0.25, -0.2) is 1.37 Å². The third-order valence-corrected chi connectivity index (χ3v) is 0. The van der Waals surface area contributed by atoms with Gasteiger partial charge in [0.1, 0.15) is 0 Å². The Hall–Kier alpha value is 2.21. The Morgan fingerprint density at radius 3 is 1.60 bits per heavy atom. The summed E-state index contributed by atoms with van der Waals surface area (Å²) in [4.78, 5) is 0. The van der Waals surface area contributed by atoms with Crippen LogP contribution in [0.5, 0.6) is 0 Å². The van der Waals surface area contributed by atoms with Crippen molar-refractivity contribution in [2.75, 3.05) is 0 Å². The summed E-state index contributed by atoms with van der Waals surface area (Å²) < 4.78 is 6.08. The van der Waals surface area contributed by atoms with E-state index in [9.17, 15) is 0 Å². The minimum Gasteiger partial charge on any atom is -0.358 e. The van der Waals surface area contributed by atoms with Crippen LogP contribution in [-0.2, 0) is 65.4 Å². The molecule has 0 nitrogen and oxygen atoms in total. The van der Waals surface area contributed by atoms with Crippen LogP contribution in [0.3, 0.4) is 0 Å². The maximum atomic E-state index is 6.08. The van der Waals surface area contributed by atoms with Gasteiger partial charge in [-0.15, -0.1) is 0 Å². The molecule has 0 aliphatic rings. The predicted molar refractivity (Wildman–Crippen MR) is 17.4 cm³/mol. The second kappa shape index (κ2) is 34.5. The van der Waals surface area contributed by atoms with E-state index in [0.717, 1.165) is 0 Å². The molecule has 0 bridgehead atoms. The van der Waals surface area contributed by atoms with Gasteiger partial charge in [-0.05, 0) is 0 Å². The Balaban J connectivity index is -0.00000000667. The van der Waals surface area contributed by atoms with E-state index < -0.39 is 0 Å². The van der Waals surface area contributed by atoms with Gasteiger partial charge >= 0.3 is 0 Å². The van der Waals surface area contributed by atoms with Gasteiger partial charge in [0, 0.05) is 65.4 Å². The summed E-state index contributed by atoms with van der Waals surface area (Å²) in [6.45, 7) is 2.92. The molecular weight excluding hydrogens is 214 g/mol. The van der Waals surface area contributed by atoms with E-state index in [0.29, 0.717) is 0 Å². The van der Waals surface area contributed by atoms with Crippen molar-refractivity contribution >= 4 is 0 Å². The Kier molecular flexibility index (Phi) is 108. The fraction of sp³-hybridized carbons (Fsp3) is 0.333. The van der Waals surface area contributed by atoms with Crippen LogP contribution < -0.4 is 0 Å². The molecule has 0 saturated heterocycles. The fourth-order valence-electron chi connectivity index (χ4n) is 0. The second-order valence-corrected chi connectivity index (χ2v) is 0. The molecule has 0 rings (SSSR count). The molecule has 0 atom stereocenters. The van der Waals surface area contributed by atoms with Crippen molar-refractivity contribution in [3.8, 4) is 0 Å². The van der Waals surface area contributed by atoms with E-state index >= 15 is 0 Å². The SMILES string of the molecule is [3H][CH-]C.[CH3-].[Y].[Y]. The predicted octanol–water partition coefficient (Wildman–Crippen LogP) is 1.29. The van der Waals surface area contributed by atoms with Gasteiger partial charge < -0.3 is 14.3 Å². The Labute approximate surface area is 86.6 Å². The topological polar surface area (TPSA) is 0 Å². The molecule has 0 N–H and O–H groups in total. The van der Waals surface area contributed by atoms with Crippen LogP contribution >= 0.6 is 0 Å². The van der Waals surface area contributed by atoms with Crippen molar-refractivity contribution in [3.05, 3.63) is 14.3 Å². The van der Waals surface area contributed by atoms with Gasteiger partial charge in [-0.2, -0.15) is 6.92 Å². The van der Waals surface area contributed by atoms with Gasteiger partial charge in [0.2, 0.25) is 0 Å². The van der Waals surface area contributed by atoms with Crippen LogP contribution in [-0.4, -0.2) is 0 Å². The summed E-state index contributed by atoms with van der Waals surface area (Å²) in [6.07, 6.45) is 0. The van der Waals surface area contributed by atoms with Crippen molar-refractivity contribution in [1.82, 2.24) is 0 Å². The minimum absolute atomic E-state index is 0. The summed E-state index contributed by atoms with van der Waals surface area (Å²) in [7, 11) is 0. The maximum Gasteiger partial charge on any atom is 0 e. The number of hydrogen-bond acceptors (Lipinski definition) is 0. The van der Waals surface area contributed by atoms with Crippen molar-refractivity contribution in [1.29, 1.82) is 0 Å². The van der Waals surface area contributed by atoms with Crippen LogP contribution in [0.2, 0.25) is 0 Å². The molecule has 5 heavy (non-hydrogen) atoms. The third kappa shape index (κ3) is 22.5. The molecule has 0 fully saturated rings. The van der Waals surface area contributed by atoms with Crippen molar-refractivity contribution in [2.24, 2.45) is 0 Å². The average molecular weight is 224 g/mol. The average Bonchev–Trinajstić information content (AvgIpc) is 0.918. The zero-order valence-electron chi connectivity index (χ0n) is 4.73. The molecule has 2 heteroatoms. The van der Waals surface area contributed by atoms with Gasteiger partial charge in [-0.1, -0.05) is 0 Å². The minimum atomic E-state index is 0. The molecule has 0 heterocycles. The molecule has 0 saturated carbocycles. The molecule has 0 aromatic carbocycles. The van der Waals surface area contributed by atoms with E-state index in [1.807, 2.05) is 0 Å². The van der Waals surface area contributed by atoms with E-state index in [2.05, 4.69) is 0 Å². The quantitative estimate of drug-likeness (QED) is 0.543. The summed E-state index contributed by atoms with van der Waals surface area (Å²) in [5, 5.41) is 0. The van der Waals surface area contributed by atoms with Gasteiger partial charge in [0.25, 0.3) is 0 Å². The number of hydrogen-bond donors (Lipinski definition) is 0. The van der Waals surface area contributed by atoms with Crippen LogP contribution in [0.25, 0.3) is 0 Å². The molecular formula is C3H8Y2-2. The molecule has 0 aliphatic heterocycles. The van der Waals surface area contributed by atoms with Crippen LogP contribution in [0.15, 0.2) is 0 Å². The summed E-state index contributed by atoms with van der Waals surface area (Å²) >= 11 is 0. The fourth-order valence-corrected chi connectivity index (χ4v) is 0. The normalized spacial score (nSPS) is 3.80. The Morgan fingerprint density at radius 1 is 1.60 bits per heavy atom. The largest absolute Gasteiger partial charge is 0.358 e. The van der Waals surface area contributed by atoms with Crippen molar-refractivity contribution in [2.45, 2.75) is 6.92 Å². The van der Waals surface area contributed by atoms with E-state index in [1.165, 1.54) is 6.90 Å². The maximum absolute atomic E-state index is 6.08. The molecule has 0 unspecified atom stereocenters. The molecule has 0 aliphatic carbocycles. The summed E-state index contributed by atoms with van der Waals surface area (Å²) in [5.74, 6) is 0. The molecule has 2 radical (unpaired) electrons. The number of rotatable bonds is 0. The first-order chi connectivity index (χ1) is 1.41.